The van der Waals surface area contributed by atoms with Gasteiger partial charge in [-0.05, 0) is 24.1 Å². The first kappa shape index (κ1) is 84.6. The zero-order valence-corrected chi connectivity index (χ0v) is 56.4. The summed E-state index contributed by atoms with van der Waals surface area (Å²) in [7, 11) is -4.40. The summed E-state index contributed by atoms with van der Waals surface area (Å²) < 4.78 is 85.4. The van der Waals surface area contributed by atoms with Crippen LogP contribution in [0, 0.1) is 0 Å². The van der Waals surface area contributed by atoms with Gasteiger partial charge in [-0.25, -0.2) is 0 Å². The van der Waals surface area contributed by atoms with Gasteiger partial charge in [0, 0.05) is 45.6 Å². The van der Waals surface area contributed by atoms with Crippen LogP contribution in [-0.2, 0) is 96.6 Å². The normalized spacial score (nSPS) is 26.9. The maximum Gasteiger partial charge on any atom is 0.237 e. The molecule has 0 spiro atoms. The molecule has 17 unspecified atom stereocenters. The molecule has 0 bridgehead atoms. The van der Waals surface area contributed by atoms with Gasteiger partial charge in [-0.3, -0.25) is 38.2 Å². The van der Waals surface area contributed by atoms with Gasteiger partial charge in [-0.1, -0.05) is 32.9 Å². The predicted molar refractivity (Wildman–Crippen MR) is 331 cm³/mol. The number of hydrogen-bond donors (Lipinski definition) is 15. The Balaban J connectivity index is 1.35. The quantitative estimate of drug-likeness (QED) is 0.0213. The molecule has 15 N–H and O–H groups in total. The molecule has 0 saturated carbocycles. The minimum Gasteiger partial charge on any atom is -0.769 e. The molecule has 3 aliphatic heterocycles. The third-order valence-electron chi connectivity index (χ3n) is 14.9. The SMILES string of the molecule is CC(=O)NC1C(OCCOCCOCCNC(=O)CN(CC(=O)NCCOCCOCCOC2OC(CO)C(O)C(O)C2NC(C)=O)C(Cc2ccc(OP(=O)([O-])C(C)(C)C)cc2)C(=O)NCCOCCOCCOC2OC(CO)C(O)C(O)C2NC(C)=O)OC(CO)C(O)C1O. The Morgan fingerprint density at radius 3 is 1.11 bits per heavy atom. The average molecular weight is 1420 g/mol. The standard InChI is InChI=1S/C59H102N7O30P/c1-35(70)63-46-52(78)49(75)41(32-67)93-56(46)90-26-23-87-20-17-84-14-11-60-44(73)30-66(31-45(74)61-12-15-85-18-21-88-24-27-91-57-47(64-36(2)71)53(79)50(76)42(33-68)94-57)40(29-38-7-9-39(10-8-38)96-97(82,83)59(4,5)6)55(81)62-13-16-86-19-22-89-25-28-92-58-48(65-37(3)72)54(80)51(77)43(34-69)95-58/h7-10,40-43,46-54,56-58,67-69,75-80H,11-34H2,1-6H3,(H,60,73)(H,61,74)(H,62,81)(H,63,70)(H,64,71)(H,65,72)(H,82,83)/p-1. The molecule has 1 aromatic rings. The van der Waals surface area contributed by atoms with E-state index < -0.39 is 179 Å². The van der Waals surface area contributed by atoms with Crippen molar-refractivity contribution >= 4 is 43.0 Å². The molecule has 38 heteroatoms. The number of aliphatic hydroxyl groups is 9. The number of rotatable bonds is 46. The van der Waals surface area contributed by atoms with Gasteiger partial charge in [0.25, 0.3) is 0 Å². The lowest BCUT2D eigenvalue weighted by atomic mass is 9.97. The second kappa shape index (κ2) is 44.4. The molecule has 97 heavy (non-hydrogen) atoms. The Bertz CT molecular complexity index is 2450. The summed E-state index contributed by atoms with van der Waals surface area (Å²) in [6.07, 6.45) is -16.2. The lowest BCUT2D eigenvalue weighted by molar-refractivity contribution is -0.272. The molecule has 17 atom stereocenters. The molecule has 3 heterocycles. The fraction of sp³-hybridized carbons (Fsp3) is 0.797. The van der Waals surface area contributed by atoms with Gasteiger partial charge in [0.15, 0.2) is 26.5 Å². The van der Waals surface area contributed by atoms with E-state index in [1.54, 1.807) is 0 Å². The zero-order valence-electron chi connectivity index (χ0n) is 55.5. The molecule has 3 fully saturated rings. The van der Waals surface area contributed by atoms with Crippen molar-refractivity contribution in [2.75, 3.05) is 152 Å². The zero-order chi connectivity index (χ0) is 71.7. The monoisotopic (exact) mass is 1420 g/mol. The van der Waals surface area contributed by atoms with Crippen LogP contribution < -0.4 is 41.3 Å². The van der Waals surface area contributed by atoms with E-state index in [1.165, 1.54) is 70.7 Å². The first-order valence-corrected chi connectivity index (χ1v) is 33.3. The second-order valence-corrected chi connectivity index (χ2v) is 26.1. The highest BCUT2D eigenvalue weighted by molar-refractivity contribution is 7.53. The minimum atomic E-state index is -4.40. The van der Waals surface area contributed by atoms with E-state index in [-0.39, 0.29) is 131 Å². The van der Waals surface area contributed by atoms with Crippen molar-refractivity contribution in [1.82, 2.24) is 36.8 Å². The van der Waals surface area contributed by atoms with Gasteiger partial charge in [-0.15, -0.1) is 0 Å². The highest BCUT2D eigenvalue weighted by Gasteiger charge is 2.48. The highest BCUT2D eigenvalue weighted by atomic mass is 31.2. The van der Waals surface area contributed by atoms with Crippen molar-refractivity contribution in [3.63, 3.8) is 0 Å². The van der Waals surface area contributed by atoms with E-state index in [9.17, 15) is 84.2 Å². The van der Waals surface area contributed by atoms with Gasteiger partial charge in [0.2, 0.25) is 35.4 Å². The molecule has 558 valence electrons. The second-order valence-electron chi connectivity index (χ2n) is 23.6. The van der Waals surface area contributed by atoms with Crippen LogP contribution in [0.3, 0.4) is 0 Å². The molecule has 6 amide bonds. The Morgan fingerprint density at radius 1 is 0.495 bits per heavy atom. The van der Waals surface area contributed by atoms with Crippen molar-refractivity contribution in [3.05, 3.63) is 29.8 Å². The number of ether oxygens (including phenoxy) is 12. The van der Waals surface area contributed by atoms with Crippen molar-refractivity contribution < 1.29 is 146 Å². The third kappa shape index (κ3) is 29.7. The number of benzene rings is 1. The minimum absolute atomic E-state index is 0.00136. The van der Waals surface area contributed by atoms with E-state index in [2.05, 4.69) is 31.9 Å². The predicted octanol–water partition coefficient (Wildman–Crippen LogP) is -8.04. The Hall–Kier alpha value is -4.85. The summed E-state index contributed by atoms with van der Waals surface area (Å²) in [5.74, 6) is -3.40. The summed E-state index contributed by atoms with van der Waals surface area (Å²) in [4.78, 5) is 91.4. The van der Waals surface area contributed by atoms with Crippen LogP contribution >= 0.6 is 7.60 Å². The molecular weight excluding hydrogens is 1320 g/mol. The highest BCUT2D eigenvalue weighted by Crippen LogP contribution is 2.50. The Labute approximate surface area is 562 Å². The molecule has 4 rings (SSSR count). The van der Waals surface area contributed by atoms with Gasteiger partial charge < -0.3 is 144 Å². The summed E-state index contributed by atoms with van der Waals surface area (Å²) >= 11 is 0. The molecule has 3 saturated heterocycles. The van der Waals surface area contributed by atoms with Crippen LogP contribution in [0.4, 0.5) is 0 Å². The number of carbonyl (C=O) groups excluding carboxylic acids is 6. The van der Waals surface area contributed by atoms with Crippen LogP contribution in [-0.4, -0.2) is 341 Å². The molecule has 0 aliphatic carbocycles. The summed E-state index contributed by atoms with van der Waals surface area (Å²) in [6.45, 7) is 5.26. The number of nitrogens with one attached hydrogen (secondary N) is 6. The molecule has 37 nitrogen and oxygen atoms in total. The van der Waals surface area contributed by atoms with Crippen LogP contribution in [0.1, 0.15) is 47.1 Å². The first-order chi connectivity index (χ1) is 46.1. The summed E-state index contributed by atoms with van der Waals surface area (Å²) in [6, 6.07) is 1.25. The molecule has 3 aliphatic rings. The van der Waals surface area contributed by atoms with Crippen molar-refractivity contribution in [3.8, 4) is 5.75 Å². The smallest absolute Gasteiger partial charge is 0.237 e. The number of nitrogens with zero attached hydrogens (tertiary/aromatic N) is 1. The Kier molecular flexibility index (Phi) is 38.7. The van der Waals surface area contributed by atoms with Crippen molar-refractivity contribution in [2.24, 2.45) is 0 Å². The third-order valence-corrected chi connectivity index (χ3v) is 17.0. The first-order valence-electron chi connectivity index (χ1n) is 31.8. The van der Waals surface area contributed by atoms with Crippen LogP contribution in [0.5, 0.6) is 5.75 Å². The van der Waals surface area contributed by atoms with Gasteiger partial charge in [0.1, 0.15) is 78.8 Å². The number of aliphatic hydroxyl groups excluding tert-OH is 9. The fourth-order valence-electron chi connectivity index (χ4n) is 9.69. The van der Waals surface area contributed by atoms with Crippen LogP contribution in [0.15, 0.2) is 24.3 Å². The van der Waals surface area contributed by atoms with E-state index in [0.29, 0.717) is 5.56 Å². The average Bonchev–Trinajstić information content (AvgIpc) is 0.837. The fourth-order valence-corrected chi connectivity index (χ4v) is 10.4. The maximum atomic E-state index is 14.4. The van der Waals surface area contributed by atoms with Gasteiger partial charge in [0.05, 0.1) is 138 Å². The molecule has 0 radical (unpaired) electrons. The summed E-state index contributed by atoms with van der Waals surface area (Å²) in [5.41, 5.74) is 0.482. The van der Waals surface area contributed by atoms with E-state index in [1.807, 2.05) is 0 Å². The van der Waals surface area contributed by atoms with E-state index in [0.717, 1.165) is 0 Å². The largest absolute Gasteiger partial charge is 0.769 e. The van der Waals surface area contributed by atoms with Crippen LogP contribution in [0.25, 0.3) is 0 Å². The van der Waals surface area contributed by atoms with Crippen molar-refractivity contribution in [1.29, 1.82) is 0 Å². The molecule has 1 aromatic carbocycles. The van der Waals surface area contributed by atoms with E-state index in [4.69, 9.17) is 61.4 Å². The van der Waals surface area contributed by atoms with Crippen molar-refractivity contribution in [2.45, 2.75) is 151 Å². The van der Waals surface area contributed by atoms with Gasteiger partial charge in [-0.2, -0.15) is 0 Å². The number of carbonyl (C=O) groups is 6. The molecule has 0 aromatic heterocycles. The number of amides is 6. The summed E-state index contributed by atoms with van der Waals surface area (Å²) in [5, 5.41) is 105. The lowest BCUT2D eigenvalue weighted by Gasteiger charge is -2.42. The topological polar surface area (TPSA) is 520 Å². The Morgan fingerprint density at radius 2 is 0.804 bits per heavy atom. The lowest BCUT2D eigenvalue weighted by Crippen LogP contribution is -2.64. The van der Waals surface area contributed by atoms with Crippen LogP contribution in [0.2, 0.25) is 0 Å². The molecular formula is C59H101N7O30P-. The van der Waals surface area contributed by atoms with Gasteiger partial charge >= 0.3 is 0 Å². The van der Waals surface area contributed by atoms with E-state index >= 15 is 0 Å². The number of hydrogen-bond acceptors (Lipinski definition) is 31. The maximum absolute atomic E-state index is 14.4.